The minimum Gasteiger partial charge on any atom is -0.497 e. The zero-order chi connectivity index (χ0) is 56.2. The van der Waals surface area contributed by atoms with Crippen LogP contribution in [0.15, 0.2) is 53.2 Å². The van der Waals surface area contributed by atoms with Crippen molar-refractivity contribution in [2.75, 3.05) is 41.3 Å². The van der Waals surface area contributed by atoms with Gasteiger partial charge in [0, 0.05) is 49.0 Å². The van der Waals surface area contributed by atoms with Crippen LogP contribution in [0.1, 0.15) is 106 Å². The number of cyclic esters (lactones) is 1. The summed E-state index contributed by atoms with van der Waals surface area (Å²) in [4.78, 5) is 57.7. The van der Waals surface area contributed by atoms with E-state index in [1.54, 1.807) is 53.9 Å². The second-order valence-electron chi connectivity index (χ2n) is 22.2. The molecule has 0 radical (unpaired) electrons. The van der Waals surface area contributed by atoms with Crippen molar-refractivity contribution in [3.8, 4) is 5.75 Å². The number of furan rings is 1. The van der Waals surface area contributed by atoms with E-state index in [9.17, 15) is 34.5 Å². The van der Waals surface area contributed by atoms with Gasteiger partial charge in [-0.2, -0.15) is 0 Å². The topological polar surface area (TPSA) is 259 Å². The van der Waals surface area contributed by atoms with Crippen LogP contribution < -0.4 is 20.9 Å². The molecule has 2 aromatic rings. The molecule has 3 fully saturated rings. The van der Waals surface area contributed by atoms with Crippen LogP contribution >= 0.6 is 0 Å². The standard InChI is InChI=1S/C55H87N5O16/c1-15-41-45(63)47(74-52(65)56-25-24-37-18-20-38(68-14)21-19-37)35(6)60(13)30-31(2)28-55(10,67)48(75-51-44(62)40(59(11)12)27-32(3)70-51)33(4)46(34(5)50(64)72-41)73-43-29-54(8,9)49(36(7)71-43)76-53(66)58-57-42(61)23-22-39-17-16-26-69-39/h16-23,26,31-36,40-41,43-49,51,62-63,67H,15,24-25,27-30H2,1-14H3,(H,56,65)(H,57,61)(H,58,66)/b23-22+/t31-,32-,33+,34-,35-,36+,40+,41-,43?,44-,45+,46+,47-,48-,49+,51+,55+/m1/s1. The molecule has 5 rings (SSSR count). The van der Waals surface area contributed by atoms with Crippen LogP contribution in [0, 0.1) is 23.2 Å². The molecule has 4 heterocycles. The molecule has 21 heteroatoms. The van der Waals surface area contributed by atoms with Crippen LogP contribution in [-0.2, 0) is 49.2 Å². The monoisotopic (exact) mass is 1070 g/mol. The zero-order valence-electron chi connectivity index (χ0n) is 46.9. The second kappa shape index (κ2) is 27.7. The number of aliphatic hydroxyl groups is 3. The summed E-state index contributed by atoms with van der Waals surface area (Å²) in [5.41, 5.74) is 3.02. The molecule has 0 spiro atoms. The van der Waals surface area contributed by atoms with E-state index >= 15 is 0 Å². The van der Waals surface area contributed by atoms with Gasteiger partial charge in [-0.25, -0.2) is 15.0 Å². The van der Waals surface area contributed by atoms with Crippen LogP contribution in [0.3, 0.4) is 0 Å². The molecule has 6 N–H and O–H groups in total. The van der Waals surface area contributed by atoms with Gasteiger partial charge >= 0.3 is 18.2 Å². The third-order valence-electron chi connectivity index (χ3n) is 15.1. The highest BCUT2D eigenvalue weighted by molar-refractivity contribution is 5.92. The number of rotatable bonds is 14. The van der Waals surface area contributed by atoms with Gasteiger partial charge in [0.25, 0.3) is 5.91 Å². The first-order valence-electron chi connectivity index (χ1n) is 26.6. The lowest BCUT2D eigenvalue weighted by atomic mass is 9.77. The quantitative estimate of drug-likeness (QED) is 0.0616. The van der Waals surface area contributed by atoms with E-state index in [0.29, 0.717) is 30.9 Å². The Labute approximate surface area is 448 Å². The summed E-state index contributed by atoms with van der Waals surface area (Å²) < 4.78 is 55.1. The van der Waals surface area contributed by atoms with Gasteiger partial charge in [-0.3, -0.25) is 19.9 Å². The Bertz CT molecular complexity index is 2180. The van der Waals surface area contributed by atoms with Gasteiger partial charge in [0.05, 0.1) is 49.3 Å². The number of likely N-dealkylation sites (N-methyl/N-ethyl adjacent to an activating group) is 2. The Morgan fingerprint density at radius 1 is 0.895 bits per heavy atom. The van der Waals surface area contributed by atoms with Crippen molar-refractivity contribution in [2.45, 2.75) is 187 Å². The molecule has 1 aromatic carbocycles. The second-order valence-corrected chi connectivity index (χ2v) is 22.2. The number of nitrogens with one attached hydrogen (secondary N) is 3. The zero-order valence-corrected chi connectivity index (χ0v) is 46.9. The number of ether oxygens (including phenoxy) is 8. The van der Waals surface area contributed by atoms with Crippen LogP contribution in [0.5, 0.6) is 5.75 Å². The highest BCUT2D eigenvalue weighted by Crippen LogP contribution is 2.42. The van der Waals surface area contributed by atoms with E-state index in [-0.39, 0.29) is 43.9 Å². The van der Waals surface area contributed by atoms with Crippen LogP contribution in [-0.4, -0.2) is 176 Å². The molecule has 1 unspecified atom stereocenters. The number of carbonyl (C=O) groups excluding carboxylic acids is 4. The number of alkyl carbamates (subject to hydrolysis) is 1. The van der Waals surface area contributed by atoms with Gasteiger partial charge in [-0.1, -0.05) is 46.8 Å². The average Bonchev–Trinajstić information content (AvgIpc) is 3.89. The first-order chi connectivity index (χ1) is 35.7. The Kier molecular flexibility index (Phi) is 22.6. The fourth-order valence-electron chi connectivity index (χ4n) is 10.9. The van der Waals surface area contributed by atoms with E-state index in [2.05, 4.69) is 16.2 Å². The Morgan fingerprint density at radius 2 is 1.59 bits per heavy atom. The molecule has 17 atom stereocenters. The number of hydrazine groups is 1. The third-order valence-corrected chi connectivity index (χ3v) is 15.1. The largest absolute Gasteiger partial charge is 0.497 e. The number of nitrogens with zero attached hydrogens (tertiary/aromatic N) is 2. The molecular formula is C55H87N5O16. The number of methoxy groups -OCH3 is 1. The lowest BCUT2D eigenvalue weighted by Gasteiger charge is -2.49. The Hall–Kier alpha value is -4.84. The number of hydrogen-bond donors (Lipinski definition) is 6. The van der Waals surface area contributed by atoms with Crippen molar-refractivity contribution in [3.63, 3.8) is 0 Å². The normalized spacial score (nSPS) is 35.1. The van der Waals surface area contributed by atoms with Crippen molar-refractivity contribution in [2.24, 2.45) is 23.2 Å². The van der Waals surface area contributed by atoms with Gasteiger partial charge in [-0.05, 0) is 123 Å². The van der Waals surface area contributed by atoms with E-state index < -0.39 is 114 Å². The lowest BCUT2D eigenvalue weighted by Crippen LogP contribution is -2.60. The summed E-state index contributed by atoms with van der Waals surface area (Å²) in [5, 5.41) is 39.7. The number of amides is 3. The molecule has 428 valence electrons. The van der Waals surface area contributed by atoms with Crippen molar-refractivity contribution in [1.29, 1.82) is 0 Å². The van der Waals surface area contributed by atoms with Gasteiger partial charge in [-0.15, -0.1) is 0 Å². The van der Waals surface area contributed by atoms with E-state index in [4.69, 9.17) is 42.3 Å². The molecule has 0 bridgehead atoms. The summed E-state index contributed by atoms with van der Waals surface area (Å²) in [6.45, 7) is 18.6. The van der Waals surface area contributed by atoms with Crippen molar-refractivity contribution in [1.82, 2.24) is 26.0 Å². The van der Waals surface area contributed by atoms with Gasteiger partial charge < -0.3 is 67.8 Å². The van der Waals surface area contributed by atoms with E-state index in [1.807, 2.05) is 89.8 Å². The predicted molar refractivity (Wildman–Crippen MR) is 280 cm³/mol. The molecule has 21 nitrogen and oxygen atoms in total. The molecule has 3 aliphatic rings. The Morgan fingerprint density at radius 3 is 2.21 bits per heavy atom. The smallest absolute Gasteiger partial charge is 0.426 e. The average molecular weight is 1070 g/mol. The number of esters is 1. The first kappa shape index (κ1) is 62.0. The molecule has 1 aromatic heterocycles. The maximum Gasteiger partial charge on any atom is 0.426 e. The molecule has 3 aliphatic heterocycles. The number of carbonyl (C=O) groups is 4. The van der Waals surface area contributed by atoms with E-state index in [1.165, 1.54) is 18.4 Å². The highest BCUT2D eigenvalue weighted by Gasteiger charge is 2.52. The van der Waals surface area contributed by atoms with Crippen molar-refractivity contribution < 1.29 is 76.8 Å². The SMILES string of the molecule is CC[C@H]1OC(=O)[C@H](C)[C@@H](OC2CC(C)(C)[C@@H](OC(=O)NNC(=O)/C=C/c3ccco3)[C@H](C)O2)[C@H](C)[C@@H](O[C@@H]2O[C@H](C)C[C@H](N(C)C)[C@H]2O)[C@@](C)(O)C[C@@H](C)CN(C)[C@H](C)[C@@H](OC(=O)NCCc2ccc(OC)cc2)[C@H]1O. The maximum absolute atomic E-state index is 14.8. The Balaban J connectivity index is 1.44. The molecule has 3 amide bonds. The molecular weight excluding hydrogens is 987 g/mol. The number of aliphatic hydroxyl groups excluding tert-OH is 2. The number of hydrogen-bond acceptors (Lipinski definition) is 18. The molecule has 76 heavy (non-hydrogen) atoms. The summed E-state index contributed by atoms with van der Waals surface area (Å²) in [6.07, 6.45) is -7.54. The predicted octanol–water partition coefficient (Wildman–Crippen LogP) is 5.19. The molecule has 0 saturated carbocycles. The fraction of sp³-hybridized carbons (Fsp3) is 0.709. The third kappa shape index (κ3) is 16.8. The van der Waals surface area contributed by atoms with Crippen molar-refractivity contribution >= 4 is 30.1 Å². The minimum atomic E-state index is -1.67. The van der Waals surface area contributed by atoms with Gasteiger partial charge in [0.2, 0.25) is 0 Å². The lowest BCUT2D eigenvalue weighted by molar-refractivity contribution is -0.312. The summed E-state index contributed by atoms with van der Waals surface area (Å²) >= 11 is 0. The van der Waals surface area contributed by atoms with Crippen LogP contribution in [0.25, 0.3) is 6.08 Å². The minimum absolute atomic E-state index is 0.142. The fourth-order valence-corrected chi connectivity index (χ4v) is 10.9. The first-order valence-corrected chi connectivity index (χ1v) is 26.6. The van der Waals surface area contributed by atoms with Crippen LogP contribution in [0.4, 0.5) is 9.59 Å². The summed E-state index contributed by atoms with van der Waals surface area (Å²) in [7, 11) is 7.15. The van der Waals surface area contributed by atoms with Crippen LogP contribution in [0.2, 0.25) is 0 Å². The maximum atomic E-state index is 14.8. The molecule has 3 saturated heterocycles. The highest BCUT2D eigenvalue weighted by atomic mass is 16.7. The van der Waals surface area contributed by atoms with E-state index in [0.717, 1.165) is 5.56 Å². The molecule has 0 aliphatic carbocycles. The number of benzene rings is 1. The summed E-state index contributed by atoms with van der Waals surface area (Å²) in [5.74, 6) is -2.47. The summed E-state index contributed by atoms with van der Waals surface area (Å²) in [6, 6.07) is 9.85. The van der Waals surface area contributed by atoms with Gasteiger partial charge in [0.1, 0.15) is 42.0 Å². The van der Waals surface area contributed by atoms with Crippen molar-refractivity contribution in [3.05, 3.63) is 60.1 Å². The van der Waals surface area contributed by atoms with Gasteiger partial charge in [0.15, 0.2) is 12.6 Å².